The minimum absolute atomic E-state index is 0.0736. The van der Waals surface area contributed by atoms with Crippen molar-refractivity contribution in [2.24, 2.45) is 5.92 Å². The van der Waals surface area contributed by atoms with Crippen molar-refractivity contribution in [2.45, 2.75) is 76.9 Å². The van der Waals surface area contributed by atoms with Crippen molar-refractivity contribution in [3.8, 4) is 0 Å². The van der Waals surface area contributed by atoms with E-state index in [2.05, 4.69) is 30.8 Å². The molecule has 1 aliphatic heterocycles. The second-order valence-electron chi connectivity index (χ2n) is 7.81. The first kappa shape index (κ1) is 15.5. The first-order valence-electron chi connectivity index (χ1n) is 8.31. The number of hydrogen-bond donors (Lipinski definition) is 1. The van der Waals surface area contributed by atoms with E-state index in [1.807, 2.05) is 6.07 Å². The quantitative estimate of drug-likeness (QED) is 0.929. The van der Waals surface area contributed by atoms with E-state index < -0.39 is 5.97 Å². The van der Waals surface area contributed by atoms with Gasteiger partial charge in [0.2, 0.25) is 0 Å². The fourth-order valence-electron chi connectivity index (χ4n) is 3.95. The standard InChI is InChI=1S/C17H26N2O3/c1-17(2,3)15-9-12(18-22-15)10-19-13-7-5-4-6-11(13)8-14(19)16(20)21/h9,11,13-14H,4-8,10H2,1-3H3,(H,20,21). The third-order valence-corrected chi connectivity index (χ3v) is 5.15. The van der Waals surface area contributed by atoms with Gasteiger partial charge in [-0.25, -0.2) is 0 Å². The van der Waals surface area contributed by atoms with Gasteiger partial charge in [0.1, 0.15) is 11.8 Å². The molecule has 3 unspecified atom stereocenters. The predicted octanol–water partition coefficient (Wildman–Crippen LogP) is 3.19. The number of carboxylic acid groups (broad SMARTS) is 1. The largest absolute Gasteiger partial charge is 0.480 e. The molecule has 0 radical (unpaired) electrons. The highest BCUT2D eigenvalue weighted by atomic mass is 16.5. The van der Waals surface area contributed by atoms with E-state index in [1.54, 1.807) is 0 Å². The maximum absolute atomic E-state index is 11.6. The number of carbonyl (C=O) groups is 1. The molecule has 0 bridgehead atoms. The van der Waals surface area contributed by atoms with Crippen LogP contribution in [0.3, 0.4) is 0 Å². The molecule has 2 fully saturated rings. The number of nitrogens with zero attached hydrogens (tertiary/aromatic N) is 2. The van der Waals surface area contributed by atoms with Crippen LogP contribution in [0.15, 0.2) is 10.6 Å². The van der Waals surface area contributed by atoms with Crippen LogP contribution in [0.4, 0.5) is 0 Å². The number of hydrogen-bond acceptors (Lipinski definition) is 4. The van der Waals surface area contributed by atoms with Gasteiger partial charge in [-0.15, -0.1) is 0 Å². The first-order valence-corrected chi connectivity index (χ1v) is 8.31. The molecule has 3 rings (SSSR count). The van der Waals surface area contributed by atoms with Gasteiger partial charge in [0.05, 0.1) is 5.69 Å². The van der Waals surface area contributed by atoms with Crippen molar-refractivity contribution in [1.82, 2.24) is 10.1 Å². The molecular weight excluding hydrogens is 280 g/mol. The third kappa shape index (κ3) is 2.91. The zero-order valence-electron chi connectivity index (χ0n) is 13.7. The van der Waals surface area contributed by atoms with E-state index in [1.165, 1.54) is 12.8 Å². The minimum atomic E-state index is -0.700. The van der Waals surface area contributed by atoms with E-state index in [0.717, 1.165) is 30.7 Å². The third-order valence-electron chi connectivity index (χ3n) is 5.15. The van der Waals surface area contributed by atoms with Crippen molar-refractivity contribution in [3.63, 3.8) is 0 Å². The molecule has 1 N–H and O–H groups in total. The summed E-state index contributed by atoms with van der Waals surface area (Å²) in [7, 11) is 0. The Morgan fingerprint density at radius 2 is 2.14 bits per heavy atom. The Labute approximate surface area is 131 Å². The second kappa shape index (κ2) is 5.69. The lowest BCUT2D eigenvalue weighted by molar-refractivity contribution is -0.142. The highest BCUT2D eigenvalue weighted by Crippen LogP contribution is 2.40. The average molecular weight is 306 g/mol. The summed E-state index contributed by atoms with van der Waals surface area (Å²) < 4.78 is 5.45. The number of aromatic nitrogens is 1. The highest BCUT2D eigenvalue weighted by molar-refractivity contribution is 5.74. The maximum atomic E-state index is 11.6. The van der Waals surface area contributed by atoms with Crippen LogP contribution in [0.2, 0.25) is 0 Å². The summed E-state index contributed by atoms with van der Waals surface area (Å²) in [5.41, 5.74) is 0.776. The van der Waals surface area contributed by atoms with E-state index in [4.69, 9.17) is 4.52 Å². The Morgan fingerprint density at radius 1 is 1.41 bits per heavy atom. The van der Waals surface area contributed by atoms with Crippen molar-refractivity contribution >= 4 is 5.97 Å². The summed E-state index contributed by atoms with van der Waals surface area (Å²) >= 11 is 0. The molecule has 1 aromatic heterocycles. The molecule has 2 aliphatic rings. The van der Waals surface area contributed by atoms with Crippen molar-refractivity contribution < 1.29 is 14.4 Å². The fraction of sp³-hybridized carbons (Fsp3) is 0.765. The average Bonchev–Trinajstić information content (AvgIpc) is 3.04. The first-order chi connectivity index (χ1) is 10.4. The van der Waals surface area contributed by atoms with Crippen LogP contribution < -0.4 is 0 Å². The molecule has 3 atom stereocenters. The molecule has 22 heavy (non-hydrogen) atoms. The van der Waals surface area contributed by atoms with Crippen molar-refractivity contribution in [2.75, 3.05) is 0 Å². The van der Waals surface area contributed by atoms with Crippen molar-refractivity contribution in [3.05, 3.63) is 17.5 Å². The van der Waals surface area contributed by atoms with Crippen LogP contribution in [0.1, 0.15) is 64.3 Å². The summed E-state index contributed by atoms with van der Waals surface area (Å²) in [6.45, 7) is 6.84. The summed E-state index contributed by atoms with van der Waals surface area (Å²) in [4.78, 5) is 13.8. The number of fused-ring (bicyclic) bond motifs is 1. The van der Waals surface area contributed by atoms with E-state index in [9.17, 15) is 9.90 Å². The number of likely N-dealkylation sites (tertiary alicyclic amines) is 1. The van der Waals surface area contributed by atoms with Gasteiger partial charge in [0.25, 0.3) is 0 Å². The fourth-order valence-corrected chi connectivity index (χ4v) is 3.95. The van der Waals surface area contributed by atoms with Crippen LogP contribution >= 0.6 is 0 Å². The lowest BCUT2D eigenvalue weighted by Gasteiger charge is -2.32. The van der Waals surface area contributed by atoms with E-state index in [-0.39, 0.29) is 11.5 Å². The zero-order valence-corrected chi connectivity index (χ0v) is 13.7. The van der Waals surface area contributed by atoms with Crippen LogP contribution in [-0.4, -0.2) is 33.2 Å². The van der Waals surface area contributed by atoms with Gasteiger partial charge in [-0.2, -0.15) is 0 Å². The van der Waals surface area contributed by atoms with Gasteiger partial charge < -0.3 is 9.63 Å². The molecule has 5 heteroatoms. The summed E-state index contributed by atoms with van der Waals surface area (Å²) in [5.74, 6) is 0.687. The normalized spacial score (nSPS) is 29.5. The Bertz CT molecular complexity index is 546. The molecular formula is C17H26N2O3. The van der Waals surface area contributed by atoms with Gasteiger partial charge in [-0.3, -0.25) is 9.69 Å². The number of rotatable bonds is 3. The monoisotopic (exact) mass is 306 g/mol. The number of carboxylic acids is 1. The lowest BCUT2D eigenvalue weighted by atomic mass is 9.85. The van der Waals surface area contributed by atoms with E-state index in [0.29, 0.717) is 18.5 Å². The van der Waals surface area contributed by atoms with E-state index >= 15 is 0 Å². The Kier molecular flexibility index (Phi) is 4.02. The van der Waals surface area contributed by atoms with Crippen LogP contribution in [0, 0.1) is 5.92 Å². The molecule has 122 valence electrons. The Hall–Kier alpha value is -1.36. The zero-order chi connectivity index (χ0) is 15.9. The summed E-state index contributed by atoms with van der Waals surface area (Å²) in [6, 6.07) is 2.00. The van der Waals surface area contributed by atoms with Gasteiger partial charge in [0, 0.05) is 24.1 Å². The lowest BCUT2D eigenvalue weighted by Crippen LogP contribution is -2.41. The minimum Gasteiger partial charge on any atom is -0.480 e. The van der Waals surface area contributed by atoms with Gasteiger partial charge in [-0.05, 0) is 25.2 Å². The molecule has 5 nitrogen and oxygen atoms in total. The Balaban J connectivity index is 1.79. The van der Waals surface area contributed by atoms with Crippen LogP contribution in [-0.2, 0) is 16.8 Å². The highest BCUT2D eigenvalue weighted by Gasteiger charge is 2.45. The Morgan fingerprint density at radius 3 is 2.77 bits per heavy atom. The number of aliphatic carboxylic acids is 1. The van der Waals surface area contributed by atoms with Gasteiger partial charge >= 0.3 is 5.97 Å². The summed E-state index contributed by atoms with van der Waals surface area (Å²) in [5, 5.41) is 13.7. The molecule has 1 aromatic rings. The molecule has 1 saturated heterocycles. The smallest absolute Gasteiger partial charge is 0.320 e. The summed E-state index contributed by atoms with van der Waals surface area (Å²) in [6.07, 6.45) is 5.49. The van der Waals surface area contributed by atoms with Crippen LogP contribution in [0.25, 0.3) is 0 Å². The maximum Gasteiger partial charge on any atom is 0.320 e. The molecule has 1 saturated carbocycles. The van der Waals surface area contributed by atoms with Crippen molar-refractivity contribution in [1.29, 1.82) is 0 Å². The van der Waals surface area contributed by atoms with Gasteiger partial charge in [0.15, 0.2) is 0 Å². The molecule has 0 aromatic carbocycles. The molecule has 0 amide bonds. The molecule has 0 spiro atoms. The SMILES string of the molecule is CC(C)(C)c1cc(CN2C(C(=O)O)CC3CCCCC32)no1. The topological polar surface area (TPSA) is 66.6 Å². The molecule has 2 heterocycles. The molecule has 1 aliphatic carbocycles. The second-order valence-corrected chi connectivity index (χ2v) is 7.81. The van der Waals surface area contributed by atoms with Gasteiger partial charge in [-0.1, -0.05) is 38.8 Å². The van der Waals surface area contributed by atoms with Crippen LogP contribution in [0.5, 0.6) is 0 Å². The predicted molar refractivity (Wildman–Crippen MR) is 82.5 cm³/mol.